The van der Waals surface area contributed by atoms with Crippen LogP contribution in [0.5, 0.6) is 0 Å². The molecular weight excluding hydrogens is 453 g/mol. The molecule has 0 aliphatic rings. The smallest absolute Gasteiger partial charge is 0.227 e. The van der Waals surface area contributed by atoms with Crippen LogP contribution < -0.4 is 16.0 Å². The number of aliphatic imine (C=N–C) groups is 1. The van der Waals surface area contributed by atoms with Gasteiger partial charge in [0.25, 0.3) is 0 Å². The van der Waals surface area contributed by atoms with Crippen molar-refractivity contribution in [3.63, 3.8) is 0 Å². The van der Waals surface area contributed by atoms with Gasteiger partial charge in [-0.25, -0.2) is 0 Å². The van der Waals surface area contributed by atoms with Crippen LogP contribution in [0.15, 0.2) is 53.8 Å². The van der Waals surface area contributed by atoms with E-state index in [4.69, 9.17) is 0 Å². The zero-order valence-corrected chi connectivity index (χ0v) is 18.6. The van der Waals surface area contributed by atoms with E-state index in [2.05, 4.69) is 25.5 Å². The van der Waals surface area contributed by atoms with Crippen LogP contribution in [0, 0.1) is 5.92 Å². The lowest BCUT2D eigenvalue weighted by Crippen LogP contribution is -2.38. The molecule has 2 rings (SSSR count). The molecule has 6 nitrogen and oxygen atoms in total. The van der Waals surface area contributed by atoms with E-state index in [1.54, 1.807) is 7.05 Å². The predicted molar refractivity (Wildman–Crippen MR) is 123 cm³/mol. The van der Waals surface area contributed by atoms with Crippen LogP contribution in [-0.2, 0) is 17.9 Å². The first-order chi connectivity index (χ1) is 12.6. The van der Waals surface area contributed by atoms with Crippen LogP contribution in [0.25, 0.3) is 0 Å². The molecule has 3 N–H and O–H groups in total. The van der Waals surface area contributed by atoms with E-state index in [-0.39, 0.29) is 35.8 Å². The number of hydrogen-bond acceptors (Lipinski definition) is 2. The Morgan fingerprint density at radius 1 is 1.19 bits per heavy atom. The topological polar surface area (TPSA) is 70.4 Å². The third-order valence-electron chi connectivity index (χ3n) is 4.27. The van der Waals surface area contributed by atoms with Crippen molar-refractivity contribution in [2.45, 2.75) is 33.4 Å². The van der Waals surface area contributed by atoms with Gasteiger partial charge in [0.05, 0.1) is 0 Å². The van der Waals surface area contributed by atoms with Crippen molar-refractivity contribution >= 4 is 41.5 Å². The van der Waals surface area contributed by atoms with Crippen molar-refractivity contribution in [1.29, 1.82) is 0 Å². The molecule has 1 atom stereocenters. The third kappa shape index (κ3) is 8.03. The molecule has 27 heavy (non-hydrogen) atoms. The number of aromatic nitrogens is 1. The summed E-state index contributed by atoms with van der Waals surface area (Å²) in [5, 5.41) is 9.56. The molecule has 1 heterocycles. The number of amides is 1. The molecule has 0 bridgehead atoms. The van der Waals surface area contributed by atoms with Gasteiger partial charge in [-0.2, -0.15) is 0 Å². The highest BCUT2D eigenvalue weighted by molar-refractivity contribution is 14.0. The standard InChI is InChI=1S/C20H29N5O.HI/c1-4-16(2)19(26)24-18-9-7-8-17(14-18)15-23-20(21-3)22-10-13-25-11-5-6-12-25;/h5-9,11-12,14,16H,4,10,13,15H2,1-3H3,(H,24,26)(H2,21,22,23);1H. The highest BCUT2D eigenvalue weighted by atomic mass is 127. The maximum atomic E-state index is 12.0. The van der Waals surface area contributed by atoms with Crippen molar-refractivity contribution in [1.82, 2.24) is 15.2 Å². The molecule has 0 radical (unpaired) electrons. The lowest BCUT2D eigenvalue weighted by molar-refractivity contribution is -0.119. The molecule has 0 fully saturated rings. The number of halogens is 1. The summed E-state index contributed by atoms with van der Waals surface area (Å²) in [6.45, 7) is 6.25. The van der Waals surface area contributed by atoms with E-state index in [0.29, 0.717) is 6.54 Å². The molecule has 1 aromatic heterocycles. The summed E-state index contributed by atoms with van der Waals surface area (Å²) in [5.74, 6) is 0.825. The van der Waals surface area contributed by atoms with E-state index in [1.807, 2.05) is 62.6 Å². The molecule has 0 saturated carbocycles. The van der Waals surface area contributed by atoms with E-state index in [9.17, 15) is 4.79 Å². The maximum absolute atomic E-state index is 12.0. The average Bonchev–Trinajstić information content (AvgIpc) is 3.17. The second-order valence-electron chi connectivity index (χ2n) is 6.27. The monoisotopic (exact) mass is 483 g/mol. The van der Waals surface area contributed by atoms with Crippen LogP contribution in [-0.4, -0.2) is 30.0 Å². The number of nitrogens with one attached hydrogen (secondary N) is 3. The molecule has 1 aromatic carbocycles. The first-order valence-electron chi connectivity index (χ1n) is 9.07. The van der Waals surface area contributed by atoms with Crippen LogP contribution in [0.3, 0.4) is 0 Å². The molecule has 7 heteroatoms. The number of carbonyl (C=O) groups is 1. The van der Waals surface area contributed by atoms with Gasteiger partial charge < -0.3 is 20.5 Å². The van der Waals surface area contributed by atoms with Gasteiger partial charge in [0.15, 0.2) is 5.96 Å². The summed E-state index contributed by atoms with van der Waals surface area (Å²) < 4.78 is 2.11. The molecule has 2 aromatic rings. The normalized spacial score (nSPS) is 12.0. The van der Waals surface area contributed by atoms with Gasteiger partial charge in [0.1, 0.15) is 0 Å². The SMILES string of the molecule is CCC(C)C(=O)Nc1cccc(CNC(=NC)NCCn2cccc2)c1.I. The first-order valence-corrected chi connectivity index (χ1v) is 9.07. The highest BCUT2D eigenvalue weighted by Crippen LogP contribution is 2.13. The molecule has 0 aliphatic heterocycles. The zero-order valence-electron chi connectivity index (χ0n) is 16.2. The van der Waals surface area contributed by atoms with Crippen molar-refractivity contribution < 1.29 is 4.79 Å². The minimum absolute atomic E-state index is 0. The Morgan fingerprint density at radius 2 is 1.93 bits per heavy atom. The maximum Gasteiger partial charge on any atom is 0.227 e. The summed E-state index contributed by atoms with van der Waals surface area (Å²) in [7, 11) is 1.76. The van der Waals surface area contributed by atoms with Gasteiger partial charge >= 0.3 is 0 Å². The Bertz CT molecular complexity index is 715. The molecule has 1 unspecified atom stereocenters. The van der Waals surface area contributed by atoms with E-state index in [1.165, 1.54) is 0 Å². The van der Waals surface area contributed by atoms with E-state index in [0.717, 1.165) is 36.7 Å². The summed E-state index contributed by atoms with van der Waals surface area (Å²) in [5.41, 5.74) is 1.91. The molecule has 0 spiro atoms. The fourth-order valence-electron chi connectivity index (χ4n) is 2.44. The van der Waals surface area contributed by atoms with Crippen LogP contribution in [0.2, 0.25) is 0 Å². The van der Waals surface area contributed by atoms with Crippen LogP contribution in [0.1, 0.15) is 25.8 Å². The minimum atomic E-state index is 0. The Hall–Kier alpha value is -2.03. The Balaban J connectivity index is 0.00000364. The summed E-state index contributed by atoms with van der Waals surface area (Å²) in [6.07, 6.45) is 4.91. The second kappa shape index (κ2) is 12.4. The number of anilines is 1. The molecule has 0 saturated heterocycles. The van der Waals surface area contributed by atoms with Gasteiger partial charge in [-0.3, -0.25) is 9.79 Å². The van der Waals surface area contributed by atoms with Crippen LogP contribution in [0.4, 0.5) is 5.69 Å². The zero-order chi connectivity index (χ0) is 18.8. The summed E-state index contributed by atoms with van der Waals surface area (Å²) >= 11 is 0. The number of guanidine groups is 1. The summed E-state index contributed by atoms with van der Waals surface area (Å²) in [4.78, 5) is 16.3. The second-order valence-corrected chi connectivity index (χ2v) is 6.27. The van der Waals surface area contributed by atoms with E-state index < -0.39 is 0 Å². The minimum Gasteiger partial charge on any atom is -0.355 e. The van der Waals surface area contributed by atoms with Crippen molar-refractivity contribution in [3.05, 3.63) is 54.4 Å². The Morgan fingerprint density at radius 3 is 2.59 bits per heavy atom. The van der Waals surface area contributed by atoms with Gasteiger partial charge in [-0.15, -0.1) is 24.0 Å². The van der Waals surface area contributed by atoms with Crippen molar-refractivity contribution in [3.8, 4) is 0 Å². The predicted octanol–water partition coefficient (Wildman–Crippen LogP) is 3.46. The number of benzene rings is 1. The summed E-state index contributed by atoms with van der Waals surface area (Å²) in [6, 6.07) is 11.9. The molecule has 0 aliphatic carbocycles. The number of nitrogens with zero attached hydrogens (tertiary/aromatic N) is 2. The van der Waals surface area contributed by atoms with Gasteiger partial charge in [-0.05, 0) is 36.2 Å². The number of rotatable bonds is 8. The number of carbonyl (C=O) groups excluding carboxylic acids is 1. The van der Waals surface area contributed by atoms with Gasteiger partial charge in [0.2, 0.25) is 5.91 Å². The van der Waals surface area contributed by atoms with Crippen molar-refractivity contribution in [2.24, 2.45) is 10.9 Å². The first kappa shape index (κ1) is 23.0. The fourth-order valence-corrected chi connectivity index (χ4v) is 2.44. The average molecular weight is 483 g/mol. The van der Waals surface area contributed by atoms with Crippen molar-refractivity contribution in [2.75, 3.05) is 18.9 Å². The lowest BCUT2D eigenvalue weighted by Gasteiger charge is -2.14. The Kier molecular flexibility index (Phi) is 10.5. The van der Waals surface area contributed by atoms with Crippen LogP contribution >= 0.6 is 24.0 Å². The third-order valence-corrected chi connectivity index (χ3v) is 4.27. The highest BCUT2D eigenvalue weighted by Gasteiger charge is 2.10. The quantitative estimate of drug-likeness (QED) is 0.306. The molecule has 148 valence electrons. The van der Waals surface area contributed by atoms with E-state index >= 15 is 0 Å². The Labute approximate surface area is 178 Å². The molecular formula is C20H30IN5O. The van der Waals surface area contributed by atoms with Gasteiger partial charge in [-0.1, -0.05) is 26.0 Å². The molecule has 1 amide bonds. The fraction of sp³-hybridized carbons (Fsp3) is 0.400. The van der Waals surface area contributed by atoms with Gasteiger partial charge in [0, 0.05) is 50.7 Å². The lowest BCUT2D eigenvalue weighted by atomic mass is 10.1. The largest absolute Gasteiger partial charge is 0.355 e. The number of hydrogen-bond donors (Lipinski definition) is 3.